The molecule has 6 nitrogen and oxygen atoms in total. The van der Waals surface area contributed by atoms with Crippen LogP contribution in [0.3, 0.4) is 0 Å². The summed E-state index contributed by atoms with van der Waals surface area (Å²) in [6.07, 6.45) is 2.52. The SMILES string of the molecule is Fc1cc(F)c2nc(N[C@@H]3CCN(OCc4cnoc4-c4ccccc4)C3)sc2c1. The van der Waals surface area contributed by atoms with E-state index in [-0.39, 0.29) is 11.6 Å². The van der Waals surface area contributed by atoms with Gasteiger partial charge in [-0.2, -0.15) is 5.06 Å². The Labute approximate surface area is 175 Å². The van der Waals surface area contributed by atoms with E-state index in [1.54, 1.807) is 6.20 Å². The molecule has 0 bridgehead atoms. The number of aromatic nitrogens is 2. The van der Waals surface area contributed by atoms with Crippen molar-refractivity contribution >= 4 is 26.7 Å². The summed E-state index contributed by atoms with van der Waals surface area (Å²) in [5.74, 6) is -0.541. The third-order valence-electron chi connectivity index (χ3n) is 4.97. The van der Waals surface area contributed by atoms with Crippen LogP contribution in [0.4, 0.5) is 13.9 Å². The van der Waals surface area contributed by atoms with Crippen LogP contribution < -0.4 is 5.32 Å². The van der Waals surface area contributed by atoms with Gasteiger partial charge >= 0.3 is 0 Å². The molecule has 154 valence electrons. The number of thiazole rings is 1. The van der Waals surface area contributed by atoms with Crippen molar-refractivity contribution in [2.45, 2.75) is 19.1 Å². The lowest BCUT2D eigenvalue weighted by Gasteiger charge is -2.16. The van der Waals surface area contributed by atoms with Crippen LogP contribution in [0.1, 0.15) is 12.0 Å². The van der Waals surface area contributed by atoms with Gasteiger partial charge in [0.25, 0.3) is 0 Å². The zero-order valence-corrected chi connectivity index (χ0v) is 16.7. The van der Waals surface area contributed by atoms with Crippen molar-refractivity contribution in [1.29, 1.82) is 0 Å². The highest BCUT2D eigenvalue weighted by Gasteiger charge is 2.25. The van der Waals surface area contributed by atoms with Gasteiger partial charge in [0.1, 0.15) is 11.3 Å². The van der Waals surface area contributed by atoms with Crippen LogP contribution in [0, 0.1) is 11.6 Å². The summed E-state index contributed by atoms with van der Waals surface area (Å²) in [6.45, 7) is 1.75. The number of fused-ring (bicyclic) bond motifs is 1. The topological polar surface area (TPSA) is 63.4 Å². The lowest BCUT2D eigenvalue weighted by molar-refractivity contribution is -0.153. The highest BCUT2D eigenvalue weighted by Crippen LogP contribution is 2.30. The van der Waals surface area contributed by atoms with Gasteiger partial charge in [-0.15, -0.1) is 0 Å². The summed E-state index contributed by atoms with van der Waals surface area (Å²) in [7, 11) is 0. The second kappa shape index (κ2) is 8.10. The fourth-order valence-electron chi connectivity index (χ4n) is 3.51. The molecule has 4 aromatic rings. The molecular formula is C21H18F2N4O2S. The Balaban J connectivity index is 1.19. The molecule has 1 atom stereocenters. The van der Waals surface area contributed by atoms with Crippen molar-refractivity contribution in [2.75, 3.05) is 18.4 Å². The zero-order valence-electron chi connectivity index (χ0n) is 15.8. The van der Waals surface area contributed by atoms with Crippen molar-refractivity contribution in [2.24, 2.45) is 0 Å². The summed E-state index contributed by atoms with van der Waals surface area (Å²) in [5, 5.41) is 9.66. The molecule has 1 aliphatic heterocycles. The molecule has 30 heavy (non-hydrogen) atoms. The predicted octanol–water partition coefficient (Wildman–Crippen LogP) is 4.85. The maximum Gasteiger partial charge on any atom is 0.184 e. The van der Waals surface area contributed by atoms with E-state index in [9.17, 15) is 8.78 Å². The molecule has 5 rings (SSSR count). The smallest absolute Gasteiger partial charge is 0.184 e. The molecule has 0 saturated carbocycles. The first kappa shape index (κ1) is 19.1. The third-order valence-corrected chi connectivity index (χ3v) is 5.91. The summed E-state index contributed by atoms with van der Waals surface area (Å²) in [6, 6.07) is 12.0. The Hall–Kier alpha value is -2.88. The second-order valence-electron chi connectivity index (χ2n) is 7.09. The second-order valence-corrected chi connectivity index (χ2v) is 8.12. The molecule has 0 radical (unpaired) electrons. The lowest BCUT2D eigenvalue weighted by atomic mass is 10.1. The number of rotatable bonds is 6. The van der Waals surface area contributed by atoms with Gasteiger partial charge in [-0.25, -0.2) is 13.8 Å². The number of hydrogen-bond acceptors (Lipinski definition) is 7. The van der Waals surface area contributed by atoms with Crippen molar-refractivity contribution in [3.05, 3.63) is 65.9 Å². The molecule has 9 heteroatoms. The number of nitrogens with zero attached hydrogens (tertiary/aromatic N) is 3. The van der Waals surface area contributed by atoms with Crippen molar-refractivity contribution in [1.82, 2.24) is 15.2 Å². The number of hydrogen-bond donors (Lipinski definition) is 1. The van der Waals surface area contributed by atoms with E-state index in [2.05, 4.69) is 15.5 Å². The minimum Gasteiger partial charge on any atom is -0.357 e. The minimum absolute atomic E-state index is 0.106. The molecule has 1 N–H and O–H groups in total. The van der Waals surface area contributed by atoms with E-state index in [1.165, 1.54) is 17.4 Å². The number of halogens is 2. The first-order chi connectivity index (χ1) is 14.7. The molecule has 0 unspecified atom stereocenters. The van der Waals surface area contributed by atoms with Crippen LogP contribution in [0.25, 0.3) is 21.5 Å². The predicted molar refractivity (Wildman–Crippen MR) is 110 cm³/mol. The maximum atomic E-state index is 13.9. The summed E-state index contributed by atoms with van der Waals surface area (Å²) in [4.78, 5) is 10.2. The third kappa shape index (κ3) is 3.91. The highest BCUT2D eigenvalue weighted by atomic mass is 32.1. The van der Waals surface area contributed by atoms with Gasteiger partial charge < -0.3 is 9.84 Å². The van der Waals surface area contributed by atoms with Crippen molar-refractivity contribution < 1.29 is 18.1 Å². The van der Waals surface area contributed by atoms with Crippen LogP contribution >= 0.6 is 11.3 Å². The fourth-order valence-corrected chi connectivity index (χ4v) is 4.49. The highest BCUT2D eigenvalue weighted by molar-refractivity contribution is 7.22. The molecule has 1 fully saturated rings. The Bertz CT molecular complexity index is 1160. The van der Waals surface area contributed by atoms with Gasteiger partial charge in [0.05, 0.1) is 17.5 Å². The summed E-state index contributed by atoms with van der Waals surface area (Å²) in [5.41, 5.74) is 2.02. The van der Waals surface area contributed by atoms with Gasteiger partial charge in [0.2, 0.25) is 0 Å². The summed E-state index contributed by atoms with van der Waals surface area (Å²) >= 11 is 1.24. The van der Waals surface area contributed by atoms with E-state index in [0.29, 0.717) is 28.7 Å². The van der Waals surface area contributed by atoms with E-state index in [4.69, 9.17) is 9.36 Å². The van der Waals surface area contributed by atoms with Crippen LogP contribution in [0.2, 0.25) is 0 Å². The van der Waals surface area contributed by atoms with E-state index < -0.39 is 11.6 Å². The monoisotopic (exact) mass is 428 g/mol. The largest absolute Gasteiger partial charge is 0.357 e. The van der Waals surface area contributed by atoms with E-state index in [1.807, 2.05) is 35.4 Å². The average Bonchev–Trinajstić information content (AvgIpc) is 3.47. The Morgan fingerprint density at radius 2 is 2.10 bits per heavy atom. The molecule has 0 amide bonds. The van der Waals surface area contributed by atoms with Crippen LogP contribution in [0.5, 0.6) is 0 Å². The van der Waals surface area contributed by atoms with E-state index in [0.717, 1.165) is 30.2 Å². The fraction of sp³-hybridized carbons (Fsp3) is 0.238. The zero-order chi connectivity index (χ0) is 20.5. The average molecular weight is 428 g/mol. The first-order valence-electron chi connectivity index (χ1n) is 9.54. The Morgan fingerprint density at radius 3 is 2.97 bits per heavy atom. The Morgan fingerprint density at radius 1 is 1.23 bits per heavy atom. The minimum atomic E-state index is -0.645. The van der Waals surface area contributed by atoms with Gasteiger partial charge in [-0.05, 0) is 12.5 Å². The molecule has 2 aromatic heterocycles. The molecular weight excluding hydrogens is 410 g/mol. The number of hydroxylamine groups is 2. The summed E-state index contributed by atoms with van der Waals surface area (Å²) < 4.78 is 33.1. The first-order valence-corrected chi connectivity index (χ1v) is 10.4. The molecule has 3 heterocycles. The Kier molecular flexibility index (Phi) is 5.16. The van der Waals surface area contributed by atoms with Gasteiger partial charge in [-0.3, -0.25) is 4.84 Å². The van der Waals surface area contributed by atoms with Gasteiger partial charge in [0, 0.05) is 36.3 Å². The van der Waals surface area contributed by atoms with Crippen LogP contribution in [-0.2, 0) is 11.4 Å². The number of nitrogens with one attached hydrogen (secondary N) is 1. The molecule has 1 aliphatic rings. The molecule has 1 saturated heterocycles. The molecule has 2 aromatic carbocycles. The quantitative estimate of drug-likeness (QED) is 0.474. The van der Waals surface area contributed by atoms with Gasteiger partial charge in [-0.1, -0.05) is 46.8 Å². The molecule has 0 aliphatic carbocycles. The van der Waals surface area contributed by atoms with Crippen molar-refractivity contribution in [3.63, 3.8) is 0 Å². The number of anilines is 1. The maximum absolute atomic E-state index is 13.9. The number of benzene rings is 2. The molecule has 0 spiro atoms. The normalized spacial score (nSPS) is 17.1. The van der Waals surface area contributed by atoms with E-state index >= 15 is 0 Å². The van der Waals surface area contributed by atoms with Crippen molar-refractivity contribution in [3.8, 4) is 11.3 Å². The standard InChI is InChI=1S/C21H18F2N4O2S/c22-15-8-17(23)19-18(9-15)30-21(26-19)25-16-6-7-27(11-16)28-12-14-10-24-29-20(14)13-4-2-1-3-5-13/h1-5,8-10,16H,6-7,11-12H2,(H,25,26)/t16-/m1/s1. The van der Waals surface area contributed by atoms with Crippen LogP contribution in [0.15, 0.2) is 53.2 Å². The van der Waals surface area contributed by atoms with Crippen LogP contribution in [-0.4, -0.2) is 34.3 Å². The lowest BCUT2D eigenvalue weighted by Crippen LogP contribution is -2.26. The van der Waals surface area contributed by atoms with Gasteiger partial charge in [0.15, 0.2) is 16.7 Å².